The summed E-state index contributed by atoms with van der Waals surface area (Å²) in [5.41, 5.74) is 11.3. The largest absolute Gasteiger partial charge is 0.496 e. The van der Waals surface area contributed by atoms with Gasteiger partial charge in [0.1, 0.15) is 23.9 Å². The van der Waals surface area contributed by atoms with Gasteiger partial charge >= 0.3 is 0 Å². The molecule has 4 nitrogen and oxygen atoms in total. The first-order valence-electron chi connectivity index (χ1n) is 11.7. The number of hydrogen-bond acceptors (Lipinski definition) is 4. The number of rotatable bonds is 12. The fourth-order valence-electron chi connectivity index (χ4n) is 3.85. The van der Waals surface area contributed by atoms with Gasteiger partial charge in [-0.15, -0.1) is 0 Å². The minimum atomic E-state index is 0.491. The van der Waals surface area contributed by atoms with Crippen molar-refractivity contribution >= 4 is 11.1 Å². The molecule has 2 N–H and O–H groups in total. The minimum absolute atomic E-state index is 0.491. The summed E-state index contributed by atoms with van der Waals surface area (Å²) in [6.07, 6.45) is 3.01. The third kappa shape index (κ3) is 6.39. The van der Waals surface area contributed by atoms with E-state index >= 15 is 0 Å². The molecule has 33 heavy (non-hydrogen) atoms. The lowest BCUT2D eigenvalue weighted by Gasteiger charge is -2.19. The molecule has 0 aliphatic rings. The zero-order chi connectivity index (χ0) is 23.5. The normalized spacial score (nSPS) is 11.6. The van der Waals surface area contributed by atoms with Crippen LogP contribution in [0.4, 0.5) is 0 Å². The number of allylic oxidation sites excluding steroid dienone is 1. The van der Waals surface area contributed by atoms with Gasteiger partial charge < -0.3 is 19.9 Å². The molecule has 0 amide bonds. The van der Waals surface area contributed by atoms with Crippen molar-refractivity contribution in [3.8, 4) is 17.2 Å². The van der Waals surface area contributed by atoms with Crippen LogP contribution in [-0.4, -0.2) is 26.9 Å². The summed E-state index contributed by atoms with van der Waals surface area (Å²) in [5.74, 6) is 2.43. The van der Waals surface area contributed by atoms with E-state index in [9.17, 15) is 0 Å². The Hall–Kier alpha value is -3.24. The molecule has 3 aromatic carbocycles. The van der Waals surface area contributed by atoms with E-state index in [1.165, 1.54) is 11.1 Å². The zero-order valence-corrected chi connectivity index (χ0v) is 20.0. The molecule has 0 aliphatic heterocycles. The zero-order valence-electron chi connectivity index (χ0n) is 20.0. The Morgan fingerprint density at radius 3 is 2.12 bits per heavy atom. The lowest BCUT2D eigenvalue weighted by molar-refractivity contribution is 0.307. The third-order valence-corrected chi connectivity index (χ3v) is 5.52. The molecule has 0 heterocycles. The number of nitrogens with two attached hydrogens (primary N) is 1. The van der Waals surface area contributed by atoms with Gasteiger partial charge in [0, 0.05) is 18.2 Å². The van der Waals surface area contributed by atoms with Crippen molar-refractivity contribution in [3.05, 3.63) is 89.5 Å². The second-order valence-electron chi connectivity index (χ2n) is 7.80. The van der Waals surface area contributed by atoms with Crippen LogP contribution in [0.15, 0.2) is 72.8 Å². The molecular weight excluding hydrogens is 410 g/mol. The summed E-state index contributed by atoms with van der Waals surface area (Å²) in [4.78, 5) is 0. The van der Waals surface area contributed by atoms with Crippen LogP contribution in [0.5, 0.6) is 17.2 Å². The monoisotopic (exact) mass is 445 g/mol. The van der Waals surface area contributed by atoms with Crippen LogP contribution in [-0.2, 0) is 0 Å². The summed E-state index contributed by atoms with van der Waals surface area (Å²) < 4.78 is 17.5. The van der Waals surface area contributed by atoms with Crippen LogP contribution < -0.4 is 19.9 Å². The predicted octanol–water partition coefficient (Wildman–Crippen LogP) is 6.58. The highest BCUT2D eigenvalue weighted by molar-refractivity contribution is 6.00. The molecule has 0 saturated carbocycles. The topological polar surface area (TPSA) is 53.7 Å². The minimum Gasteiger partial charge on any atom is -0.496 e. The highest BCUT2D eigenvalue weighted by Gasteiger charge is 2.18. The van der Waals surface area contributed by atoms with Gasteiger partial charge in [-0.05, 0) is 59.4 Å². The first-order chi connectivity index (χ1) is 16.2. The predicted molar refractivity (Wildman–Crippen MR) is 137 cm³/mol. The number of methoxy groups -OCH3 is 1. The molecule has 3 aromatic rings. The smallest absolute Gasteiger partial charge is 0.130 e. The molecule has 0 saturated heterocycles. The van der Waals surface area contributed by atoms with E-state index in [-0.39, 0.29) is 0 Å². The van der Waals surface area contributed by atoms with Crippen LogP contribution in [0, 0.1) is 0 Å². The summed E-state index contributed by atoms with van der Waals surface area (Å²) in [5, 5.41) is 0. The molecule has 0 fully saturated rings. The maximum absolute atomic E-state index is 5.93. The lowest BCUT2D eigenvalue weighted by atomic mass is 9.87. The molecule has 4 heteroatoms. The molecule has 0 radical (unpaired) electrons. The van der Waals surface area contributed by atoms with Gasteiger partial charge in [0.05, 0.1) is 13.7 Å². The second-order valence-corrected chi connectivity index (χ2v) is 7.80. The number of hydrogen-bond donors (Lipinski definition) is 1. The average molecular weight is 446 g/mol. The fourth-order valence-corrected chi connectivity index (χ4v) is 3.85. The second kappa shape index (κ2) is 12.7. The summed E-state index contributed by atoms with van der Waals surface area (Å²) >= 11 is 0. The Kier molecular flexibility index (Phi) is 9.40. The third-order valence-electron chi connectivity index (χ3n) is 5.52. The van der Waals surface area contributed by atoms with Gasteiger partial charge in [0.15, 0.2) is 0 Å². The van der Waals surface area contributed by atoms with E-state index in [1.807, 2.05) is 30.3 Å². The standard InChI is InChI=1S/C29H35NO3/c1-4-6-19-32-25-16-17-27(28(21-25)31-3)29(26(5-2)22-10-8-7-9-11-22)23-12-14-24(15-13-23)33-20-18-30/h7-17,21H,4-6,18-20,30H2,1-3H3/b29-26+. The highest BCUT2D eigenvalue weighted by atomic mass is 16.5. The van der Waals surface area contributed by atoms with E-state index in [1.54, 1.807) is 7.11 Å². The van der Waals surface area contributed by atoms with Crippen LogP contribution in [0.2, 0.25) is 0 Å². The molecule has 174 valence electrons. The number of ether oxygens (including phenoxy) is 3. The fraction of sp³-hybridized carbons (Fsp3) is 0.310. The molecule has 3 rings (SSSR count). The van der Waals surface area contributed by atoms with Crippen molar-refractivity contribution in [2.24, 2.45) is 5.73 Å². The molecule has 0 atom stereocenters. The Balaban J connectivity index is 2.12. The van der Waals surface area contributed by atoms with Crippen LogP contribution >= 0.6 is 0 Å². The van der Waals surface area contributed by atoms with Crippen molar-refractivity contribution in [1.82, 2.24) is 0 Å². The lowest BCUT2D eigenvalue weighted by Crippen LogP contribution is -2.10. The van der Waals surface area contributed by atoms with Gasteiger partial charge in [0.2, 0.25) is 0 Å². The number of unbranched alkanes of at least 4 members (excludes halogenated alkanes) is 1. The molecule has 0 spiro atoms. The molecule has 0 aliphatic carbocycles. The molecule has 0 aromatic heterocycles. The number of benzene rings is 3. The van der Waals surface area contributed by atoms with E-state index in [4.69, 9.17) is 19.9 Å². The van der Waals surface area contributed by atoms with Crippen LogP contribution in [0.3, 0.4) is 0 Å². The first kappa shape index (κ1) is 24.4. The quantitative estimate of drug-likeness (QED) is 0.253. The van der Waals surface area contributed by atoms with Gasteiger partial charge in [-0.1, -0.05) is 62.7 Å². The highest BCUT2D eigenvalue weighted by Crippen LogP contribution is 2.40. The Morgan fingerprint density at radius 2 is 1.48 bits per heavy atom. The van der Waals surface area contributed by atoms with Gasteiger partial charge in [0.25, 0.3) is 0 Å². The summed E-state index contributed by atoms with van der Waals surface area (Å²) in [6.45, 7) is 6.04. The van der Waals surface area contributed by atoms with Crippen molar-refractivity contribution in [1.29, 1.82) is 0 Å². The van der Waals surface area contributed by atoms with Gasteiger partial charge in [-0.25, -0.2) is 0 Å². The van der Waals surface area contributed by atoms with E-state index < -0.39 is 0 Å². The first-order valence-corrected chi connectivity index (χ1v) is 11.7. The SMILES string of the molecule is CCCCOc1ccc(/C(=C(\CC)c2ccccc2)c2ccc(OCCN)cc2)c(OC)c1. The van der Waals surface area contributed by atoms with E-state index in [0.717, 1.165) is 53.2 Å². The van der Waals surface area contributed by atoms with Crippen molar-refractivity contribution in [3.63, 3.8) is 0 Å². The molecule has 0 unspecified atom stereocenters. The van der Waals surface area contributed by atoms with Crippen molar-refractivity contribution in [2.75, 3.05) is 26.9 Å². The molecular formula is C29H35NO3. The summed E-state index contributed by atoms with van der Waals surface area (Å²) in [6, 6.07) is 24.8. The Morgan fingerprint density at radius 1 is 0.788 bits per heavy atom. The Bertz CT molecular complexity index is 1030. The van der Waals surface area contributed by atoms with Gasteiger partial charge in [-0.3, -0.25) is 0 Å². The van der Waals surface area contributed by atoms with Gasteiger partial charge in [-0.2, -0.15) is 0 Å². The van der Waals surface area contributed by atoms with E-state index in [2.05, 4.69) is 56.3 Å². The Labute approximate surface area is 198 Å². The van der Waals surface area contributed by atoms with Crippen molar-refractivity contribution in [2.45, 2.75) is 33.1 Å². The average Bonchev–Trinajstić information content (AvgIpc) is 2.87. The maximum atomic E-state index is 5.93. The van der Waals surface area contributed by atoms with Crippen LogP contribution in [0.1, 0.15) is 49.8 Å². The maximum Gasteiger partial charge on any atom is 0.130 e. The van der Waals surface area contributed by atoms with E-state index in [0.29, 0.717) is 19.8 Å². The summed E-state index contributed by atoms with van der Waals surface area (Å²) in [7, 11) is 1.71. The van der Waals surface area contributed by atoms with Crippen molar-refractivity contribution < 1.29 is 14.2 Å². The van der Waals surface area contributed by atoms with Crippen LogP contribution in [0.25, 0.3) is 11.1 Å². The molecule has 0 bridgehead atoms.